The minimum absolute atomic E-state index is 0.0625. The van der Waals surface area contributed by atoms with Crippen LogP contribution in [0.1, 0.15) is 226 Å². The Kier molecular flexibility index (Phi) is 41.2. The highest BCUT2D eigenvalue weighted by atomic mass is 16.5. The monoisotopic (exact) mass is 772 g/mol. The molecule has 6 heteroatoms. The maximum absolute atomic E-state index is 13.1. The fourth-order valence-corrected chi connectivity index (χ4v) is 6.85. The van der Waals surface area contributed by atoms with Crippen molar-refractivity contribution >= 4 is 11.9 Å². The minimum Gasteiger partial charge on any atom is -0.462 e. The molecule has 55 heavy (non-hydrogen) atoms. The first-order chi connectivity index (χ1) is 27.0. The van der Waals surface area contributed by atoms with Gasteiger partial charge in [-0.15, -0.1) is 0 Å². The van der Waals surface area contributed by atoms with Gasteiger partial charge >= 0.3 is 5.97 Å². The first kappa shape index (κ1) is 52.8. The van der Waals surface area contributed by atoms with Gasteiger partial charge in [0.1, 0.15) is 6.10 Å². The highest BCUT2D eigenvalue weighted by Gasteiger charge is 2.24. The summed E-state index contributed by atoms with van der Waals surface area (Å²) in [7, 11) is 0. The number of nitrogens with one attached hydrogen (secondary N) is 1. The quantitative estimate of drug-likeness (QED) is 0.0327. The van der Waals surface area contributed by atoms with Crippen molar-refractivity contribution in [3.63, 3.8) is 0 Å². The van der Waals surface area contributed by atoms with E-state index in [2.05, 4.69) is 74.7 Å². The Balaban J connectivity index is 4.65. The van der Waals surface area contributed by atoms with Crippen LogP contribution < -0.4 is 5.32 Å². The van der Waals surface area contributed by atoms with E-state index in [1.54, 1.807) is 0 Å². The Morgan fingerprint density at radius 2 is 0.982 bits per heavy atom. The Morgan fingerprint density at radius 3 is 1.53 bits per heavy atom. The third-order valence-corrected chi connectivity index (χ3v) is 10.4. The summed E-state index contributed by atoms with van der Waals surface area (Å²) in [6.45, 7) is 6.32. The van der Waals surface area contributed by atoms with Gasteiger partial charge < -0.3 is 20.3 Å². The van der Waals surface area contributed by atoms with Crippen molar-refractivity contribution in [2.75, 3.05) is 6.61 Å². The van der Waals surface area contributed by atoms with Crippen LogP contribution in [0.25, 0.3) is 0 Å². The number of rotatable bonds is 41. The predicted octanol–water partition coefficient (Wildman–Crippen LogP) is 13.5. The molecular formula is C49H89NO5. The SMILES string of the molecule is CC/C=C/C/C=C/C/C=C/CCCCCCC(=O)OC(CCCCCCC/C=C\CCCCCC)CC(=O)NC(CO)C(O)CCCCCCCCCCC. The van der Waals surface area contributed by atoms with E-state index in [9.17, 15) is 19.8 Å². The summed E-state index contributed by atoms with van der Waals surface area (Å²) in [6.07, 6.45) is 50.3. The van der Waals surface area contributed by atoms with Crippen molar-refractivity contribution in [2.45, 2.75) is 244 Å². The number of hydrogen-bond acceptors (Lipinski definition) is 5. The van der Waals surface area contributed by atoms with Gasteiger partial charge in [-0.2, -0.15) is 0 Å². The van der Waals surface area contributed by atoms with Crippen LogP contribution in [0, 0.1) is 0 Å². The zero-order valence-corrected chi connectivity index (χ0v) is 36.3. The van der Waals surface area contributed by atoms with E-state index in [0.29, 0.717) is 19.3 Å². The van der Waals surface area contributed by atoms with E-state index in [4.69, 9.17) is 4.74 Å². The molecule has 0 aromatic heterocycles. The Labute approximate surface area is 340 Å². The van der Waals surface area contributed by atoms with E-state index >= 15 is 0 Å². The van der Waals surface area contributed by atoms with Crippen molar-refractivity contribution < 1.29 is 24.5 Å². The van der Waals surface area contributed by atoms with Crippen LogP contribution in [-0.2, 0) is 14.3 Å². The number of aliphatic hydroxyl groups excluding tert-OH is 2. The molecule has 0 aliphatic heterocycles. The Morgan fingerprint density at radius 1 is 0.545 bits per heavy atom. The van der Waals surface area contributed by atoms with Gasteiger partial charge in [0, 0.05) is 6.42 Å². The second-order valence-corrected chi connectivity index (χ2v) is 15.8. The van der Waals surface area contributed by atoms with E-state index in [1.165, 1.54) is 83.5 Å². The summed E-state index contributed by atoms with van der Waals surface area (Å²) in [5.41, 5.74) is 0. The summed E-state index contributed by atoms with van der Waals surface area (Å²) in [5, 5.41) is 23.6. The fraction of sp³-hybridized carbons (Fsp3) is 0.796. The summed E-state index contributed by atoms with van der Waals surface area (Å²) < 4.78 is 5.89. The second kappa shape index (κ2) is 43.0. The normalized spacial score (nSPS) is 13.8. The lowest BCUT2D eigenvalue weighted by molar-refractivity contribution is -0.151. The highest BCUT2D eigenvalue weighted by Crippen LogP contribution is 2.17. The van der Waals surface area contributed by atoms with E-state index < -0.39 is 18.2 Å². The van der Waals surface area contributed by atoms with Crippen molar-refractivity contribution in [3.8, 4) is 0 Å². The zero-order valence-electron chi connectivity index (χ0n) is 36.3. The van der Waals surface area contributed by atoms with Crippen LogP contribution in [0.5, 0.6) is 0 Å². The molecule has 3 unspecified atom stereocenters. The molecule has 0 bridgehead atoms. The third kappa shape index (κ3) is 38.5. The topological polar surface area (TPSA) is 95.9 Å². The van der Waals surface area contributed by atoms with E-state index in [1.807, 2.05) is 0 Å². The van der Waals surface area contributed by atoms with Crippen molar-refractivity contribution in [2.24, 2.45) is 0 Å². The number of aliphatic hydroxyl groups is 2. The van der Waals surface area contributed by atoms with Gasteiger partial charge in [0.15, 0.2) is 0 Å². The third-order valence-electron chi connectivity index (χ3n) is 10.4. The first-order valence-electron chi connectivity index (χ1n) is 23.4. The lowest BCUT2D eigenvalue weighted by Gasteiger charge is -2.24. The molecule has 3 N–H and O–H groups in total. The second-order valence-electron chi connectivity index (χ2n) is 15.8. The molecule has 0 aliphatic carbocycles. The molecule has 0 rings (SSSR count). The number of allylic oxidation sites excluding steroid dienone is 8. The fourth-order valence-electron chi connectivity index (χ4n) is 6.85. The van der Waals surface area contributed by atoms with Crippen molar-refractivity contribution in [1.82, 2.24) is 5.32 Å². The molecule has 1 amide bonds. The summed E-state index contributed by atoms with van der Waals surface area (Å²) in [5.74, 6) is -0.509. The van der Waals surface area contributed by atoms with Crippen LogP contribution >= 0.6 is 0 Å². The van der Waals surface area contributed by atoms with Crippen LogP contribution in [0.4, 0.5) is 0 Å². The standard InChI is InChI=1S/C49H89NO5/c1-4-7-10-13-16-19-21-23-25-27-30-33-36-39-42-49(54)55-45(40-37-34-31-29-26-24-22-20-17-14-11-8-5-2)43-48(53)50-46(44-51)47(52)41-38-35-32-28-18-15-12-9-6-3/h7,10,16,19-20,22-23,25,45-47,51-52H,4-6,8-9,11-15,17-18,21,24,26-44H2,1-3H3,(H,50,53)/b10-7+,19-16+,22-20-,25-23+. The summed E-state index contributed by atoms with van der Waals surface area (Å²) in [4.78, 5) is 26.0. The van der Waals surface area contributed by atoms with Gasteiger partial charge in [0.25, 0.3) is 0 Å². The van der Waals surface area contributed by atoms with Crippen molar-refractivity contribution in [3.05, 3.63) is 48.6 Å². The number of hydrogen-bond donors (Lipinski definition) is 3. The Hall–Kier alpha value is -2.18. The molecule has 0 aliphatic rings. The smallest absolute Gasteiger partial charge is 0.306 e. The molecular weight excluding hydrogens is 683 g/mol. The molecule has 0 aromatic rings. The van der Waals surface area contributed by atoms with Crippen LogP contribution in [0.2, 0.25) is 0 Å². The lowest BCUT2D eigenvalue weighted by Crippen LogP contribution is -2.46. The average molecular weight is 772 g/mol. The van der Waals surface area contributed by atoms with Gasteiger partial charge in [0.05, 0.1) is 25.2 Å². The molecule has 0 saturated carbocycles. The molecule has 0 saturated heterocycles. The number of amides is 1. The largest absolute Gasteiger partial charge is 0.462 e. The van der Waals surface area contributed by atoms with Gasteiger partial charge in [-0.1, -0.05) is 179 Å². The minimum atomic E-state index is -0.791. The van der Waals surface area contributed by atoms with E-state index in [0.717, 1.165) is 96.3 Å². The number of ether oxygens (including phenoxy) is 1. The Bertz CT molecular complexity index is 957. The van der Waals surface area contributed by atoms with E-state index in [-0.39, 0.29) is 24.9 Å². The maximum atomic E-state index is 13.1. The number of carbonyl (C=O) groups is 2. The molecule has 0 spiro atoms. The molecule has 3 atom stereocenters. The van der Waals surface area contributed by atoms with Gasteiger partial charge in [-0.25, -0.2) is 0 Å². The molecule has 0 radical (unpaired) electrons. The first-order valence-corrected chi connectivity index (χ1v) is 23.4. The van der Waals surface area contributed by atoms with Crippen molar-refractivity contribution in [1.29, 1.82) is 0 Å². The molecule has 0 aromatic carbocycles. The van der Waals surface area contributed by atoms with Crippen LogP contribution in [0.3, 0.4) is 0 Å². The van der Waals surface area contributed by atoms with Gasteiger partial charge in [-0.3, -0.25) is 9.59 Å². The summed E-state index contributed by atoms with van der Waals surface area (Å²) in [6, 6.07) is -0.706. The molecule has 0 heterocycles. The molecule has 0 fully saturated rings. The number of unbranched alkanes of at least 4 members (excludes halogenated alkanes) is 21. The summed E-state index contributed by atoms with van der Waals surface area (Å²) >= 11 is 0. The predicted molar refractivity (Wildman–Crippen MR) is 236 cm³/mol. The average Bonchev–Trinajstić information content (AvgIpc) is 3.18. The van der Waals surface area contributed by atoms with Crippen LogP contribution in [0.15, 0.2) is 48.6 Å². The molecule has 6 nitrogen and oxygen atoms in total. The van der Waals surface area contributed by atoms with Crippen LogP contribution in [-0.4, -0.2) is 46.9 Å². The highest BCUT2D eigenvalue weighted by molar-refractivity contribution is 5.77. The molecule has 320 valence electrons. The van der Waals surface area contributed by atoms with Gasteiger partial charge in [-0.05, 0) is 83.5 Å². The number of esters is 1. The van der Waals surface area contributed by atoms with Gasteiger partial charge in [0.2, 0.25) is 5.91 Å². The number of carbonyl (C=O) groups excluding carboxylic acids is 2. The zero-order chi connectivity index (χ0) is 40.3. The lowest BCUT2D eigenvalue weighted by atomic mass is 10.0. The maximum Gasteiger partial charge on any atom is 0.306 e.